The minimum atomic E-state index is -0.816. The van der Waals surface area contributed by atoms with E-state index in [-0.39, 0.29) is 16.5 Å². The van der Waals surface area contributed by atoms with Crippen LogP contribution in [-0.2, 0) is 11.3 Å². The number of piperidine rings is 1. The van der Waals surface area contributed by atoms with Crippen LogP contribution in [0.2, 0.25) is 0 Å². The van der Waals surface area contributed by atoms with Crippen LogP contribution in [-0.4, -0.2) is 45.5 Å². The zero-order valence-corrected chi connectivity index (χ0v) is 15.8. The van der Waals surface area contributed by atoms with Gasteiger partial charge in [0.15, 0.2) is 0 Å². The predicted molar refractivity (Wildman–Crippen MR) is 101 cm³/mol. The molecule has 1 N–H and O–H groups in total. The Morgan fingerprint density at radius 2 is 2.04 bits per heavy atom. The molecule has 2 aliphatic heterocycles. The number of hydrogen-bond donors (Lipinski definition) is 1. The second kappa shape index (κ2) is 7.46. The molecule has 4 rings (SSSR count). The molecule has 0 unspecified atom stereocenters. The zero-order valence-electron chi connectivity index (χ0n) is 15.0. The van der Waals surface area contributed by atoms with E-state index >= 15 is 0 Å². The first-order valence-electron chi connectivity index (χ1n) is 8.95. The lowest BCUT2D eigenvalue weighted by molar-refractivity contribution is -0.132. The van der Waals surface area contributed by atoms with E-state index in [2.05, 4.69) is 5.32 Å². The van der Waals surface area contributed by atoms with Gasteiger partial charge in [-0.15, -0.1) is 11.8 Å². The number of carbonyl (C=O) groups excluding carboxylic acids is 2. The van der Waals surface area contributed by atoms with Crippen molar-refractivity contribution in [3.05, 3.63) is 54.0 Å². The zero-order chi connectivity index (χ0) is 19.7. The maximum atomic E-state index is 13.8. The van der Waals surface area contributed by atoms with Gasteiger partial charge >= 0.3 is 6.03 Å². The summed E-state index contributed by atoms with van der Waals surface area (Å²) in [6, 6.07) is 6.21. The number of rotatable bonds is 3. The molecule has 3 amide bonds. The third kappa shape index (κ3) is 3.58. The number of nitrogens with zero attached hydrogens (tertiary/aromatic N) is 2. The van der Waals surface area contributed by atoms with Gasteiger partial charge in [0.05, 0.1) is 29.1 Å². The number of benzene rings is 1. The summed E-state index contributed by atoms with van der Waals surface area (Å²) < 4.78 is 32.2. The molecule has 1 aromatic heterocycles. The molecule has 2 aliphatic rings. The molecular formula is C19H19F2N3O3S. The Balaban J connectivity index is 1.40. The number of thioether (sulfide) groups is 1. The Bertz CT molecular complexity index is 883. The first-order valence-corrected chi connectivity index (χ1v) is 9.93. The van der Waals surface area contributed by atoms with Crippen LogP contribution < -0.4 is 5.32 Å². The lowest BCUT2D eigenvalue weighted by Gasteiger charge is -2.43. The molecule has 0 saturated carbocycles. The third-order valence-corrected chi connectivity index (χ3v) is 6.71. The van der Waals surface area contributed by atoms with Crippen LogP contribution in [0.4, 0.5) is 19.3 Å². The van der Waals surface area contributed by atoms with E-state index in [1.54, 1.807) is 29.0 Å². The molecule has 0 bridgehead atoms. The van der Waals surface area contributed by atoms with Crippen LogP contribution in [0.25, 0.3) is 0 Å². The van der Waals surface area contributed by atoms with Crippen LogP contribution in [0.5, 0.6) is 0 Å². The minimum absolute atomic E-state index is 0.0587. The first-order chi connectivity index (χ1) is 13.5. The average molecular weight is 407 g/mol. The number of halogens is 2. The first kappa shape index (κ1) is 18.8. The molecule has 28 heavy (non-hydrogen) atoms. The molecule has 6 nitrogen and oxygen atoms in total. The summed E-state index contributed by atoms with van der Waals surface area (Å²) in [5, 5.41) is 2.49. The van der Waals surface area contributed by atoms with Gasteiger partial charge in [0, 0.05) is 19.2 Å². The van der Waals surface area contributed by atoms with Gasteiger partial charge in [-0.1, -0.05) is 0 Å². The summed E-state index contributed by atoms with van der Waals surface area (Å²) in [4.78, 5) is 27.9. The van der Waals surface area contributed by atoms with Gasteiger partial charge in [0.1, 0.15) is 17.4 Å². The van der Waals surface area contributed by atoms with E-state index in [4.69, 9.17) is 4.42 Å². The average Bonchev–Trinajstić information content (AvgIpc) is 3.29. The summed E-state index contributed by atoms with van der Waals surface area (Å²) in [7, 11) is 0. The fourth-order valence-electron chi connectivity index (χ4n) is 3.63. The maximum absolute atomic E-state index is 13.8. The Kier molecular flexibility index (Phi) is 5.01. The summed E-state index contributed by atoms with van der Waals surface area (Å²) in [5.74, 6) is -0.318. The van der Waals surface area contributed by atoms with Crippen molar-refractivity contribution >= 4 is 29.4 Å². The van der Waals surface area contributed by atoms with Gasteiger partial charge in [-0.05, 0) is 37.1 Å². The van der Waals surface area contributed by atoms with Crippen molar-refractivity contribution in [2.24, 2.45) is 0 Å². The Hall–Kier alpha value is -2.55. The molecule has 0 atom stereocenters. The van der Waals surface area contributed by atoms with Gasteiger partial charge in [0.2, 0.25) is 5.91 Å². The van der Waals surface area contributed by atoms with E-state index in [0.29, 0.717) is 38.2 Å². The molecule has 3 heterocycles. The monoisotopic (exact) mass is 407 g/mol. The highest BCUT2D eigenvalue weighted by atomic mass is 32.2. The van der Waals surface area contributed by atoms with Gasteiger partial charge in [-0.25, -0.2) is 13.6 Å². The molecule has 1 aromatic carbocycles. The quantitative estimate of drug-likeness (QED) is 0.843. The van der Waals surface area contributed by atoms with Crippen molar-refractivity contribution < 1.29 is 22.8 Å². The van der Waals surface area contributed by atoms with Gasteiger partial charge in [0.25, 0.3) is 0 Å². The summed E-state index contributed by atoms with van der Waals surface area (Å²) in [5.41, 5.74) is -0.0587. The van der Waals surface area contributed by atoms with Crippen LogP contribution in [0.3, 0.4) is 0 Å². The number of amides is 3. The second-order valence-electron chi connectivity index (χ2n) is 6.84. The van der Waals surface area contributed by atoms with Crippen LogP contribution in [0.15, 0.2) is 41.0 Å². The second-order valence-corrected chi connectivity index (χ2v) is 8.17. The molecule has 2 aromatic rings. The molecule has 1 spiro atoms. The Morgan fingerprint density at radius 1 is 1.25 bits per heavy atom. The minimum Gasteiger partial charge on any atom is -0.467 e. The number of nitrogens with one attached hydrogen (secondary N) is 1. The number of likely N-dealkylation sites (tertiary alicyclic amines) is 1. The van der Waals surface area contributed by atoms with Crippen molar-refractivity contribution in [1.29, 1.82) is 0 Å². The third-order valence-electron chi connectivity index (χ3n) is 5.16. The summed E-state index contributed by atoms with van der Waals surface area (Å²) >= 11 is 1.60. The van der Waals surface area contributed by atoms with E-state index in [1.807, 2.05) is 11.0 Å². The standard InChI is InChI=1S/C19H19F2N3O3S/c20-13-3-4-16(15(21)10-13)22-18(26)23-7-5-19(6-8-23)24(17(25)12-28-19)11-14-2-1-9-27-14/h1-4,9-10H,5-8,11-12H2,(H,22,26). The number of hydrogen-bond acceptors (Lipinski definition) is 4. The van der Waals surface area contributed by atoms with Gasteiger partial charge in [-0.2, -0.15) is 0 Å². The van der Waals surface area contributed by atoms with Gasteiger partial charge < -0.3 is 19.5 Å². The lowest BCUT2D eigenvalue weighted by atomic mass is 10.0. The number of anilines is 1. The molecule has 0 aliphatic carbocycles. The number of furan rings is 1. The molecule has 9 heteroatoms. The van der Waals surface area contributed by atoms with Crippen molar-refractivity contribution in [1.82, 2.24) is 9.80 Å². The summed E-state index contributed by atoms with van der Waals surface area (Å²) in [6.07, 6.45) is 2.81. The van der Waals surface area contributed by atoms with Crippen molar-refractivity contribution in [2.45, 2.75) is 24.3 Å². The molecule has 0 radical (unpaired) electrons. The highest BCUT2D eigenvalue weighted by Crippen LogP contribution is 2.45. The maximum Gasteiger partial charge on any atom is 0.321 e. The van der Waals surface area contributed by atoms with E-state index in [0.717, 1.165) is 17.9 Å². The number of urea groups is 1. The lowest BCUT2D eigenvalue weighted by Crippen LogP contribution is -2.53. The van der Waals surface area contributed by atoms with E-state index in [1.165, 1.54) is 6.07 Å². The molecule has 2 saturated heterocycles. The smallest absolute Gasteiger partial charge is 0.321 e. The topological polar surface area (TPSA) is 65.8 Å². The fraction of sp³-hybridized carbons (Fsp3) is 0.368. The van der Waals surface area contributed by atoms with Crippen LogP contribution >= 0.6 is 11.8 Å². The number of carbonyl (C=O) groups is 2. The van der Waals surface area contributed by atoms with Crippen molar-refractivity contribution in [3.8, 4) is 0 Å². The summed E-state index contributed by atoms with van der Waals surface area (Å²) in [6.45, 7) is 1.28. The van der Waals surface area contributed by atoms with Crippen LogP contribution in [0.1, 0.15) is 18.6 Å². The van der Waals surface area contributed by atoms with E-state index in [9.17, 15) is 18.4 Å². The van der Waals surface area contributed by atoms with Crippen molar-refractivity contribution in [2.75, 3.05) is 24.2 Å². The molecule has 2 fully saturated rings. The molecule has 148 valence electrons. The normalized spacial score (nSPS) is 18.7. The largest absolute Gasteiger partial charge is 0.467 e. The highest BCUT2D eigenvalue weighted by molar-refractivity contribution is 8.01. The predicted octanol–water partition coefficient (Wildman–Crippen LogP) is 3.66. The van der Waals surface area contributed by atoms with Crippen molar-refractivity contribution in [3.63, 3.8) is 0 Å². The van der Waals surface area contributed by atoms with Gasteiger partial charge in [-0.3, -0.25) is 4.79 Å². The SMILES string of the molecule is O=C(Nc1ccc(F)cc1F)N1CCC2(CC1)SCC(=O)N2Cc1ccco1. The van der Waals surface area contributed by atoms with E-state index < -0.39 is 17.7 Å². The molecular weight excluding hydrogens is 388 g/mol. The fourth-order valence-corrected chi connectivity index (χ4v) is 4.97. The van der Waals surface area contributed by atoms with Crippen LogP contribution in [0, 0.1) is 11.6 Å². The Labute approximate surface area is 164 Å². The highest BCUT2D eigenvalue weighted by Gasteiger charge is 2.48. The Morgan fingerprint density at radius 3 is 2.71 bits per heavy atom.